The van der Waals surface area contributed by atoms with E-state index in [2.05, 4.69) is 10.6 Å². The van der Waals surface area contributed by atoms with Gasteiger partial charge in [-0.3, -0.25) is 4.79 Å². The van der Waals surface area contributed by atoms with E-state index in [9.17, 15) is 9.90 Å². The topological polar surface area (TPSA) is 85.2 Å². The zero-order chi connectivity index (χ0) is 11.1. The highest BCUT2D eigenvalue weighted by molar-refractivity contribution is 5.78. The van der Waals surface area contributed by atoms with Crippen LogP contribution in [0.15, 0.2) is 0 Å². The van der Waals surface area contributed by atoms with Gasteiger partial charge in [-0.05, 0) is 12.8 Å². The molecule has 0 aromatic heterocycles. The average molecular weight is 211 g/mol. The highest BCUT2D eigenvalue weighted by Crippen LogP contribution is 2.28. The third-order valence-corrected chi connectivity index (χ3v) is 2.64. The smallest absolute Gasteiger partial charge is 0.234 e. The van der Waals surface area contributed by atoms with Crippen molar-refractivity contribution in [2.75, 3.05) is 19.6 Å². The molecule has 84 valence electrons. The molecule has 1 aliphatic rings. The molecule has 0 aliphatic heterocycles. The zero-order valence-electron chi connectivity index (χ0n) is 8.75. The van der Waals surface area contributed by atoms with E-state index in [-0.39, 0.29) is 19.0 Å². The second kappa shape index (κ2) is 5.69. The third-order valence-electron chi connectivity index (χ3n) is 2.64. The van der Waals surface area contributed by atoms with Crippen molar-refractivity contribution in [3.05, 3.63) is 0 Å². The van der Waals surface area contributed by atoms with E-state index < -0.39 is 5.60 Å². The SMILES string of the molecule is N#CCNC(=O)CNCC1(O)CCCC1. The predicted molar refractivity (Wildman–Crippen MR) is 54.9 cm³/mol. The van der Waals surface area contributed by atoms with Gasteiger partial charge < -0.3 is 15.7 Å². The lowest BCUT2D eigenvalue weighted by molar-refractivity contribution is -0.120. The number of aliphatic hydroxyl groups is 1. The van der Waals surface area contributed by atoms with Crippen molar-refractivity contribution in [3.8, 4) is 6.07 Å². The Morgan fingerprint density at radius 1 is 1.47 bits per heavy atom. The summed E-state index contributed by atoms with van der Waals surface area (Å²) in [5.41, 5.74) is -0.629. The van der Waals surface area contributed by atoms with E-state index >= 15 is 0 Å². The van der Waals surface area contributed by atoms with Crippen LogP contribution in [0.1, 0.15) is 25.7 Å². The van der Waals surface area contributed by atoms with Crippen LogP contribution in [0.25, 0.3) is 0 Å². The van der Waals surface area contributed by atoms with Crippen LogP contribution in [-0.2, 0) is 4.79 Å². The van der Waals surface area contributed by atoms with E-state index in [4.69, 9.17) is 5.26 Å². The predicted octanol–water partition coefficient (Wildman–Crippen LogP) is -0.479. The minimum atomic E-state index is -0.629. The number of hydrogen-bond donors (Lipinski definition) is 3. The summed E-state index contributed by atoms with van der Waals surface area (Å²) >= 11 is 0. The lowest BCUT2D eigenvalue weighted by Crippen LogP contribution is -2.42. The minimum Gasteiger partial charge on any atom is -0.389 e. The fourth-order valence-corrected chi connectivity index (χ4v) is 1.82. The third kappa shape index (κ3) is 4.28. The molecule has 0 aromatic carbocycles. The number of rotatable bonds is 5. The molecule has 1 rings (SSSR count). The second-order valence-electron chi connectivity index (χ2n) is 3.97. The average Bonchev–Trinajstić information content (AvgIpc) is 2.62. The Balaban J connectivity index is 2.10. The summed E-state index contributed by atoms with van der Waals surface area (Å²) in [5, 5.41) is 23.5. The van der Waals surface area contributed by atoms with Crippen LogP contribution in [0.3, 0.4) is 0 Å². The minimum absolute atomic E-state index is 0.0325. The van der Waals surface area contributed by atoms with E-state index in [0.29, 0.717) is 6.54 Å². The summed E-state index contributed by atoms with van der Waals surface area (Å²) in [4.78, 5) is 11.1. The van der Waals surface area contributed by atoms with Gasteiger partial charge in [-0.15, -0.1) is 0 Å². The fraction of sp³-hybridized carbons (Fsp3) is 0.800. The van der Waals surface area contributed by atoms with Crippen LogP contribution in [0, 0.1) is 11.3 Å². The largest absolute Gasteiger partial charge is 0.389 e. The molecular weight excluding hydrogens is 194 g/mol. The molecule has 1 saturated carbocycles. The van der Waals surface area contributed by atoms with Crippen molar-refractivity contribution in [2.45, 2.75) is 31.3 Å². The zero-order valence-corrected chi connectivity index (χ0v) is 8.75. The monoisotopic (exact) mass is 211 g/mol. The summed E-state index contributed by atoms with van der Waals surface area (Å²) in [6.07, 6.45) is 3.72. The number of nitrogens with one attached hydrogen (secondary N) is 2. The Morgan fingerprint density at radius 3 is 2.73 bits per heavy atom. The molecule has 0 heterocycles. The van der Waals surface area contributed by atoms with Gasteiger partial charge in [0, 0.05) is 6.54 Å². The van der Waals surface area contributed by atoms with Gasteiger partial charge in [-0.25, -0.2) is 0 Å². The molecule has 1 aliphatic carbocycles. The maximum absolute atomic E-state index is 11.1. The first-order valence-corrected chi connectivity index (χ1v) is 5.23. The Morgan fingerprint density at radius 2 is 2.13 bits per heavy atom. The summed E-state index contributed by atoms with van der Waals surface area (Å²) in [7, 11) is 0. The number of nitrogens with zero attached hydrogens (tertiary/aromatic N) is 1. The molecule has 5 heteroatoms. The van der Waals surface area contributed by atoms with E-state index in [1.807, 2.05) is 6.07 Å². The van der Waals surface area contributed by atoms with Crippen LogP contribution in [0.4, 0.5) is 0 Å². The Bertz CT molecular complexity index is 254. The highest BCUT2D eigenvalue weighted by Gasteiger charge is 2.30. The number of hydrogen-bond acceptors (Lipinski definition) is 4. The fourth-order valence-electron chi connectivity index (χ4n) is 1.82. The molecular formula is C10H17N3O2. The van der Waals surface area contributed by atoms with Crippen LogP contribution in [-0.4, -0.2) is 36.2 Å². The van der Waals surface area contributed by atoms with Gasteiger partial charge in [0.1, 0.15) is 6.54 Å². The molecule has 0 atom stereocenters. The molecule has 0 spiro atoms. The van der Waals surface area contributed by atoms with E-state index in [0.717, 1.165) is 25.7 Å². The Hall–Kier alpha value is -1.12. The van der Waals surface area contributed by atoms with Gasteiger partial charge >= 0.3 is 0 Å². The van der Waals surface area contributed by atoms with Gasteiger partial charge in [0.25, 0.3) is 0 Å². The summed E-state index contributed by atoms with van der Waals surface area (Å²) in [6.45, 7) is 0.641. The van der Waals surface area contributed by atoms with Crippen molar-refractivity contribution < 1.29 is 9.90 Å². The molecule has 0 unspecified atom stereocenters. The van der Waals surface area contributed by atoms with Gasteiger partial charge in [0.15, 0.2) is 0 Å². The van der Waals surface area contributed by atoms with Crippen LogP contribution in [0.2, 0.25) is 0 Å². The second-order valence-corrected chi connectivity index (χ2v) is 3.97. The molecule has 0 saturated heterocycles. The molecule has 1 amide bonds. The number of amides is 1. The lowest BCUT2D eigenvalue weighted by Gasteiger charge is -2.22. The normalized spacial score (nSPS) is 18.4. The van der Waals surface area contributed by atoms with Crippen molar-refractivity contribution in [2.24, 2.45) is 0 Å². The van der Waals surface area contributed by atoms with Gasteiger partial charge in [-0.2, -0.15) is 5.26 Å². The van der Waals surface area contributed by atoms with Crippen molar-refractivity contribution in [1.29, 1.82) is 5.26 Å². The maximum Gasteiger partial charge on any atom is 0.234 e. The Labute approximate surface area is 89.5 Å². The van der Waals surface area contributed by atoms with Crippen LogP contribution < -0.4 is 10.6 Å². The van der Waals surface area contributed by atoms with Crippen LogP contribution >= 0.6 is 0 Å². The van der Waals surface area contributed by atoms with Crippen molar-refractivity contribution in [3.63, 3.8) is 0 Å². The molecule has 15 heavy (non-hydrogen) atoms. The number of nitriles is 1. The van der Waals surface area contributed by atoms with E-state index in [1.54, 1.807) is 0 Å². The maximum atomic E-state index is 11.1. The first-order valence-electron chi connectivity index (χ1n) is 5.23. The standard InChI is InChI=1S/C10H17N3O2/c11-5-6-13-9(14)7-12-8-10(15)3-1-2-4-10/h12,15H,1-4,6-8H2,(H,13,14). The highest BCUT2D eigenvalue weighted by atomic mass is 16.3. The molecule has 0 radical (unpaired) electrons. The first-order chi connectivity index (χ1) is 7.16. The summed E-state index contributed by atoms with van der Waals surface area (Å²) in [6, 6.07) is 1.83. The van der Waals surface area contributed by atoms with Gasteiger partial charge in [0.05, 0.1) is 18.2 Å². The van der Waals surface area contributed by atoms with Gasteiger partial charge in [0.2, 0.25) is 5.91 Å². The lowest BCUT2D eigenvalue weighted by atomic mass is 10.0. The quantitative estimate of drug-likeness (QED) is 0.536. The number of carbonyl (C=O) groups excluding carboxylic acids is 1. The summed E-state index contributed by atoms with van der Waals surface area (Å²) in [5.74, 6) is -0.210. The van der Waals surface area contributed by atoms with Gasteiger partial charge in [-0.1, -0.05) is 12.8 Å². The first kappa shape index (κ1) is 12.0. The van der Waals surface area contributed by atoms with Crippen LogP contribution in [0.5, 0.6) is 0 Å². The molecule has 0 aromatic rings. The summed E-state index contributed by atoms with van der Waals surface area (Å²) < 4.78 is 0. The van der Waals surface area contributed by atoms with E-state index in [1.165, 1.54) is 0 Å². The Kier molecular flexibility index (Phi) is 4.53. The molecule has 5 nitrogen and oxygen atoms in total. The molecule has 3 N–H and O–H groups in total. The molecule has 0 bridgehead atoms. The number of carbonyl (C=O) groups is 1. The van der Waals surface area contributed by atoms with Crippen molar-refractivity contribution >= 4 is 5.91 Å². The van der Waals surface area contributed by atoms with Crippen molar-refractivity contribution in [1.82, 2.24) is 10.6 Å². The molecule has 1 fully saturated rings.